The Morgan fingerprint density at radius 2 is 1.90 bits per heavy atom. The van der Waals surface area contributed by atoms with Crippen molar-refractivity contribution in [3.05, 3.63) is 0 Å². The first-order chi connectivity index (χ1) is 9.84. The Morgan fingerprint density at radius 3 is 2.38 bits per heavy atom. The van der Waals surface area contributed by atoms with Gasteiger partial charge in [-0.25, -0.2) is 4.79 Å². The van der Waals surface area contributed by atoms with Gasteiger partial charge in [0.15, 0.2) is 0 Å². The predicted molar refractivity (Wildman–Crippen MR) is 81.9 cm³/mol. The molecule has 21 heavy (non-hydrogen) atoms. The molecule has 0 aromatic heterocycles. The molecule has 6 nitrogen and oxygen atoms in total. The molecule has 1 saturated heterocycles. The van der Waals surface area contributed by atoms with Crippen molar-refractivity contribution in [2.45, 2.75) is 45.7 Å². The second-order valence-corrected chi connectivity index (χ2v) is 6.16. The minimum absolute atomic E-state index is 0.0419. The SMILES string of the molecule is CCC(C)C(NC(=O)C(C)(C)N1CCNCC1)C(=O)OC. The molecular weight excluding hydrogens is 270 g/mol. The van der Waals surface area contributed by atoms with Gasteiger partial charge in [0.2, 0.25) is 5.91 Å². The Balaban J connectivity index is 2.77. The maximum absolute atomic E-state index is 12.6. The van der Waals surface area contributed by atoms with Gasteiger partial charge in [-0.2, -0.15) is 0 Å². The van der Waals surface area contributed by atoms with Crippen molar-refractivity contribution in [3.8, 4) is 0 Å². The Bertz CT molecular complexity index is 365. The molecule has 1 fully saturated rings. The van der Waals surface area contributed by atoms with Crippen molar-refractivity contribution in [2.75, 3.05) is 33.3 Å². The quantitative estimate of drug-likeness (QED) is 0.694. The second-order valence-electron chi connectivity index (χ2n) is 6.16. The summed E-state index contributed by atoms with van der Waals surface area (Å²) in [5.41, 5.74) is -0.637. The van der Waals surface area contributed by atoms with E-state index in [0.29, 0.717) is 0 Å². The van der Waals surface area contributed by atoms with Crippen LogP contribution in [0.5, 0.6) is 0 Å². The summed E-state index contributed by atoms with van der Waals surface area (Å²) in [5.74, 6) is -0.464. The Labute approximate surface area is 127 Å². The van der Waals surface area contributed by atoms with Gasteiger partial charge < -0.3 is 15.4 Å². The van der Waals surface area contributed by atoms with Crippen LogP contribution in [0.2, 0.25) is 0 Å². The molecule has 122 valence electrons. The average molecular weight is 299 g/mol. The molecule has 0 aliphatic carbocycles. The van der Waals surface area contributed by atoms with Crippen LogP contribution in [-0.4, -0.2) is 61.6 Å². The minimum atomic E-state index is -0.637. The summed E-state index contributed by atoms with van der Waals surface area (Å²) < 4.78 is 4.82. The maximum atomic E-state index is 12.6. The number of esters is 1. The highest BCUT2D eigenvalue weighted by molar-refractivity contribution is 5.90. The van der Waals surface area contributed by atoms with Crippen molar-refractivity contribution >= 4 is 11.9 Å². The predicted octanol–water partition coefficient (Wildman–Crippen LogP) is 0.374. The van der Waals surface area contributed by atoms with E-state index >= 15 is 0 Å². The van der Waals surface area contributed by atoms with Gasteiger partial charge in [-0.05, 0) is 19.8 Å². The summed E-state index contributed by atoms with van der Waals surface area (Å²) in [6.07, 6.45) is 0.800. The molecule has 2 atom stereocenters. The van der Waals surface area contributed by atoms with Gasteiger partial charge in [0.05, 0.1) is 12.6 Å². The number of rotatable bonds is 6. The van der Waals surface area contributed by atoms with E-state index in [2.05, 4.69) is 15.5 Å². The number of hydrogen-bond acceptors (Lipinski definition) is 5. The molecule has 1 amide bonds. The summed E-state index contributed by atoms with van der Waals surface area (Å²) in [5, 5.41) is 6.15. The molecule has 6 heteroatoms. The third kappa shape index (κ3) is 4.41. The van der Waals surface area contributed by atoms with E-state index in [0.717, 1.165) is 32.6 Å². The van der Waals surface area contributed by atoms with Crippen LogP contribution in [-0.2, 0) is 14.3 Å². The van der Waals surface area contributed by atoms with Crippen LogP contribution in [0.25, 0.3) is 0 Å². The standard InChI is InChI=1S/C15H29N3O3/c1-6-11(2)12(13(19)21-5)17-14(20)15(3,4)18-9-7-16-8-10-18/h11-12,16H,6-10H2,1-5H3,(H,17,20). The highest BCUT2D eigenvalue weighted by Crippen LogP contribution is 2.17. The van der Waals surface area contributed by atoms with E-state index < -0.39 is 11.6 Å². The third-order valence-corrected chi connectivity index (χ3v) is 4.42. The van der Waals surface area contributed by atoms with Crippen LogP contribution in [0.3, 0.4) is 0 Å². The number of carbonyl (C=O) groups excluding carboxylic acids is 2. The number of amides is 1. The van der Waals surface area contributed by atoms with Gasteiger partial charge in [0.1, 0.15) is 6.04 Å². The Hall–Kier alpha value is -1.14. The molecular formula is C15H29N3O3. The fourth-order valence-electron chi connectivity index (χ4n) is 2.48. The van der Waals surface area contributed by atoms with Crippen LogP contribution < -0.4 is 10.6 Å². The van der Waals surface area contributed by atoms with Gasteiger partial charge in [-0.3, -0.25) is 9.69 Å². The largest absolute Gasteiger partial charge is 0.467 e. The first-order valence-electron chi connectivity index (χ1n) is 7.69. The van der Waals surface area contributed by atoms with Gasteiger partial charge >= 0.3 is 5.97 Å². The molecule has 0 radical (unpaired) electrons. The molecule has 1 heterocycles. The molecule has 2 unspecified atom stereocenters. The summed E-state index contributed by atoms with van der Waals surface area (Å²) in [4.78, 5) is 26.7. The summed E-state index contributed by atoms with van der Waals surface area (Å²) in [7, 11) is 1.35. The number of hydrogen-bond donors (Lipinski definition) is 2. The molecule has 0 aromatic rings. The van der Waals surface area contributed by atoms with Crippen molar-refractivity contribution in [2.24, 2.45) is 5.92 Å². The lowest BCUT2D eigenvalue weighted by molar-refractivity contribution is -0.148. The van der Waals surface area contributed by atoms with Crippen molar-refractivity contribution in [1.82, 2.24) is 15.5 Å². The van der Waals surface area contributed by atoms with E-state index in [4.69, 9.17) is 4.74 Å². The lowest BCUT2D eigenvalue weighted by Gasteiger charge is -2.40. The van der Waals surface area contributed by atoms with E-state index in [1.165, 1.54) is 7.11 Å². The van der Waals surface area contributed by atoms with Crippen molar-refractivity contribution in [3.63, 3.8) is 0 Å². The van der Waals surface area contributed by atoms with Crippen LogP contribution in [0.1, 0.15) is 34.1 Å². The molecule has 0 spiro atoms. The summed E-state index contributed by atoms with van der Waals surface area (Å²) >= 11 is 0. The monoisotopic (exact) mass is 299 g/mol. The minimum Gasteiger partial charge on any atom is -0.467 e. The molecule has 1 aliphatic rings. The molecule has 0 bridgehead atoms. The average Bonchev–Trinajstić information content (AvgIpc) is 2.51. The number of nitrogens with zero attached hydrogens (tertiary/aromatic N) is 1. The van der Waals surface area contributed by atoms with Crippen molar-refractivity contribution < 1.29 is 14.3 Å². The summed E-state index contributed by atoms with van der Waals surface area (Å²) in [6.45, 7) is 11.1. The normalized spacial score (nSPS) is 19.7. The van der Waals surface area contributed by atoms with Crippen LogP contribution in [0.4, 0.5) is 0 Å². The number of nitrogens with one attached hydrogen (secondary N) is 2. The van der Waals surface area contributed by atoms with Crippen LogP contribution in [0.15, 0.2) is 0 Å². The molecule has 2 N–H and O–H groups in total. The number of ether oxygens (including phenoxy) is 1. The van der Waals surface area contributed by atoms with Crippen molar-refractivity contribution in [1.29, 1.82) is 0 Å². The highest BCUT2D eigenvalue weighted by Gasteiger charge is 2.38. The van der Waals surface area contributed by atoms with E-state index in [9.17, 15) is 9.59 Å². The highest BCUT2D eigenvalue weighted by atomic mass is 16.5. The van der Waals surface area contributed by atoms with E-state index in [-0.39, 0.29) is 17.8 Å². The molecule has 0 aromatic carbocycles. The fraction of sp³-hybridized carbons (Fsp3) is 0.867. The zero-order valence-corrected chi connectivity index (χ0v) is 13.9. The number of carbonyl (C=O) groups is 2. The van der Waals surface area contributed by atoms with Gasteiger partial charge in [0, 0.05) is 26.2 Å². The third-order valence-electron chi connectivity index (χ3n) is 4.42. The first-order valence-corrected chi connectivity index (χ1v) is 7.69. The van der Waals surface area contributed by atoms with E-state index in [1.807, 2.05) is 27.7 Å². The zero-order valence-electron chi connectivity index (χ0n) is 13.9. The lowest BCUT2D eigenvalue weighted by atomic mass is 9.95. The molecule has 1 rings (SSSR count). The van der Waals surface area contributed by atoms with Gasteiger partial charge in [-0.1, -0.05) is 20.3 Å². The number of piperazine rings is 1. The Kier molecular flexibility index (Phi) is 6.61. The van der Waals surface area contributed by atoms with Crippen LogP contribution >= 0.6 is 0 Å². The second kappa shape index (κ2) is 7.75. The fourth-order valence-corrected chi connectivity index (χ4v) is 2.48. The molecule has 1 aliphatic heterocycles. The van der Waals surface area contributed by atoms with Gasteiger partial charge in [0.25, 0.3) is 0 Å². The summed E-state index contributed by atoms with van der Waals surface area (Å²) in [6, 6.07) is -0.588. The van der Waals surface area contributed by atoms with Crippen LogP contribution in [0, 0.1) is 5.92 Å². The smallest absolute Gasteiger partial charge is 0.328 e. The Morgan fingerprint density at radius 1 is 1.33 bits per heavy atom. The van der Waals surface area contributed by atoms with E-state index in [1.54, 1.807) is 0 Å². The zero-order chi connectivity index (χ0) is 16.0. The first kappa shape index (κ1) is 17.9. The lowest BCUT2D eigenvalue weighted by Crippen LogP contribution is -2.62. The van der Waals surface area contributed by atoms with Gasteiger partial charge in [-0.15, -0.1) is 0 Å². The molecule has 0 saturated carbocycles. The number of methoxy groups -OCH3 is 1. The topological polar surface area (TPSA) is 70.7 Å². The maximum Gasteiger partial charge on any atom is 0.328 e.